The van der Waals surface area contributed by atoms with E-state index in [4.69, 9.17) is 10.9 Å². The van der Waals surface area contributed by atoms with Gasteiger partial charge < -0.3 is 15.8 Å². The molecular weight excluding hydrogens is 237 g/mol. The van der Waals surface area contributed by atoms with Crippen LogP contribution in [0.1, 0.15) is 12.0 Å². The summed E-state index contributed by atoms with van der Waals surface area (Å²) in [7, 11) is 0. The molecule has 3 N–H and O–H groups in total. The van der Waals surface area contributed by atoms with Crippen LogP contribution in [0.5, 0.6) is 0 Å². The zero-order chi connectivity index (χ0) is 13.1. The van der Waals surface area contributed by atoms with Gasteiger partial charge in [-0.25, -0.2) is 4.39 Å². The molecule has 0 aliphatic carbocycles. The number of halogens is 1. The Balaban J connectivity index is 2.02. The summed E-state index contributed by atoms with van der Waals surface area (Å²) in [5, 5.41) is 11.5. The molecule has 0 bridgehead atoms. The van der Waals surface area contributed by atoms with Crippen LogP contribution in [0.25, 0.3) is 0 Å². The quantitative estimate of drug-likeness (QED) is 0.363. The molecule has 0 unspecified atom stereocenters. The van der Waals surface area contributed by atoms with Gasteiger partial charge in [-0.15, -0.1) is 0 Å². The Morgan fingerprint density at radius 3 is 2.78 bits per heavy atom. The number of oxime groups is 1. The van der Waals surface area contributed by atoms with Crippen LogP contribution in [-0.4, -0.2) is 28.4 Å². The number of amides is 1. The van der Waals surface area contributed by atoms with E-state index in [9.17, 15) is 9.18 Å². The maximum atomic E-state index is 12.8. The number of amidine groups is 1. The molecule has 1 aromatic carbocycles. The van der Waals surface area contributed by atoms with Gasteiger partial charge in [-0.3, -0.25) is 4.79 Å². The molecule has 1 saturated heterocycles. The van der Waals surface area contributed by atoms with Crippen molar-refractivity contribution in [2.75, 3.05) is 6.54 Å². The highest BCUT2D eigenvalue weighted by atomic mass is 19.1. The van der Waals surface area contributed by atoms with Gasteiger partial charge in [0.15, 0.2) is 0 Å². The largest absolute Gasteiger partial charge is 0.409 e. The van der Waals surface area contributed by atoms with Crippen LogP contribution in [-0.2, 0) is 11.3 Å². The first-order valence-corrected chi connectivity index (χ1v) is 5.60. The number of carbonyl (C=O) groups excluding carboxylic acids is 1. The minimum Gasteiger partial charge on any atom is -0.409 e. The van der Waals surface area contributed by atoms with Crippen molar-refractivity contribution >= 4 is 11.7 Å². The van der Waals surface area contributed by atoms with Crippen molar-refractivity contribution in [2.24, 2.45) is 16.8 Å². The molecule has 1 amide bonds. The lowest BCUT2D eigenvalue weighted by molar-refractivity contribution is -0.128. The zero-order valence-electron chi connectivity index (χ0n) is 9.71. The van der Waals surface area contributed by atoms with Gasteiger partial charge in [-0.1, -0.05) is 17.3 Å². The lowest BCUT2D eigenvalue weighted by atomic mass is 10.1. The maximum Gasteiger partial charge on any atom is 0.223 e. The molecule has 0 saturated carbocycles. The number of nitrogens with zero attached hydrogens (tertiary/aromatic N) is 2. The van der Waals surface area contributed by atoms with E-state index in [1.807, 2.05) is 0 Å². The highest BCUT2D eigenvalue weighted by Crippen LogP contribution is 2.20. The number of rotatable bonds is 3. The topological polar surface area (TPSA) is 78.9 Å². The first kappa shape index (κ1) is 12.3. The van der Waals surface area contributed by atoms with Gasteiger partial charge in [0.25, 0.3) is 0 Å². The molecule has 1 heterocycles. The van der Waals surface area contributed by atoms with Gasteiger partial charge in [0, 0.05) is 25.4 Å². The third-order valence-electron chi connectivity index (χ3n) is 3.03. The molecule has 1 fully saturated rings. The normalized spacial score (nSPS) is 20.5. The summed E-state index contributed by atoms with van der Waals surface area (Å²) in [6.07, 6.45) is 0.247. The third kappa shape index (κ3) is 2.58. The fourth-order valence-corrected chi connectivity index (χ4v) is 2.01. The third-order valence-corrected chi connectivity index (χ3v) is 3.03. The van der Waals surface area contributed by atoms with Gasteiger partial charge >= 0.3 is 0 Å². The molecule has 0 radical (unpaired) electrons. The lowest BCUT2D eigenvalue weighted by Crippen LogP contribution is -2.28. The predicted octanol–water partition coefficient (Wildman–Crippen LogP) is 0.921. The maximum absolute atomic E-state index is 12.8. The van der Waals surface area contributed by atoms with Crippen LogP contribution in [0, 0.1) is 11.7 Å². The summed E-state index contributed by atoms with van der Waals surface area (Å²) in [6.45, 7) is 0.834. The van der Waals surface area contributed by atoms with Crippen molar-refractivity contribution in [3.63, 3.8) is 0 Å². The molecule has 0 spiro atoms. The lowest BCUT2D eigenvalue weighted by Gasteiger charge is -2.16. The number of carbonyl (C=O) groups is 1. The summed E-state index contributed by atoms with van der Waals surface area (Å²) >= 11 is 0. The van der Waals surface area contributed by atoms with Crippen molar-refractivity contribution in [3.8, 4) is 0 Å². The van der Waals surface area contributed by atoms with Crippen LogP contribution in [0.4, 0.5) is 4.39 Å². The van der Waals surface area contributed by atoms with E-state index >= 15 is 0 Å². The second-order valence-electron chi connectivity index (χ2n) is 4.33. The van der Waals surface area contributed by atoms with E-state index in [1.54, 1.807) is 17.0 Å². The van der Waals surface area contributed by atoms with Crippen LogP contribution in [0.15, 0.2) is 29.4 Å². The summed E-state index contributed by atoms with van der Waals surface area (Å²) < 4.78 is 12.8. The van der Waals surface area contributed by atoms with Gasteiger partial charge in [0.1, 0.15) is 11.7 Å². The number of nitrogens with two attached hydrogens (primary N) is 1. The summed E-state index contributed by atoms with van der Waals surface area (Å²) in [4.78, 5) is 13.4. The highest BCUT2D eigenvalue weighted by molar-refractivity contribution is 5.91. The minimum atomic E-state index is -0.305. The molecule has 1 aliphatic heterocycles. The molecule has 1 aromatic rings. The van der Waals surface area contributed by atoms with Crippen molar-refractivity contribution in [3.05, 3.63) is 35.6 Å². The highest BCUT2D eigenvalue weighted by Gasteiger charge is 2.32. The van der Waals surface area contributed by atoms with Gasteiger partial charge in [0.05, 0.1) is 0 Å². The van der Waals surface area contributed by atoms with Crippen LogP contribution in [0.2, 0.25) is 0 Å². The molecule has 1 atom stereocenters. The van der Waals surface area contributed by atoms with E-state index in [0.717, 1.165) is 5.56 Å². The molecule has 18 heavy (non-hydrogen) atoms. The van der Waals surface area contributed by atoms with Gasteiger partial charge in [-0.2, -0.15) is 0 Å². The number of likely N-dealkylation sites (tertiary alicyclic amines) is 1. The molecule has 1 aliphatic rings. The Morgan fingerprint density at radius 2 is 2.17 bits per heavy atom. The first-order valence-electron chi connectivity index (χ1n) is 5.60. The molecule has 96 valence electrons. The fourth-order valence-electron chi connectivity index (χ4n) is 2.01. The minimum absolute atomic E-state index is 0.0454. The molecule has 0 aromatic heterocycles. The second-order valence-corrected chi connectivity index (χ2v) is 4.33. The van der Waals surface area contributed by atoms with Gasteiger partial charge in [0.2, 0.25) is 5.91 Å². The average molecular weight is 251 g/mol. The molecular formula is C12H14FN3O2. The van der Waals surface area contributed by atoms with Crippen molar-refractivity contribution < 1.29 is 14.4 Å². The standard InChI is InChI=1S/C12H14FN3O2/c13-10-3-1-8(2-4-10)6-16-7-9(5-11(16)17)12(14)15-18/h1-4,9,18H,5-7H2,(H2,14,15)/t9-/m0/s1. The number of benzene rings is 1. The van der Waals surface area contributed by atoms with E-state index < -0.39 is 0 Å². The summed E-state index contributed by atoms with van der Waals surface area (Å²) in [6, 6.07) is 5.99. The van der Waals surface area contributed by atoms with Crippen molar-refractivity contribution in [1.82, 2.24) is 4.90 Å². The number of hydrogen-bond donors (Lipinski definition) is 2. The summed E-state index contributed by atoms with van der Waals surface area (Å²) in [5.74, 6) is -0.523. The molecule has 6 heteroatoms. The number of hydrogen-bond acceptors (Lipinski definition) is 3. The van der Waals surface area contributed by atoms with E-state index in [2.05, 4.69) is 5.16 Å². The van der Waals surface area contributed by atoms with Gasteiger partial charge in [-0.05, 0) is 17.7 Å². The summed E-state index contributed by atoms with van der Waals surface area (Å²) in [5.41, 5.74) is 6.34. The smallest absolute Gasteiger partial charge is 0.223 e. The second kappa shape index (κ2) is 5.03. The Hall–Kier alpha value is -2.11. The zero-order valence-corrected chi connectivity index (χ0v) is 9.71. The Bertz CT molecular complexity index is 473. The monoisotopic (exact) mass is 251 g/mol. The average Bonchev–Trinajstić information content (AvgIpc) is 2.73. The first-order chi connectivity index (χ1) is 8.60. The van der Waals surface area contributed by atoms with Crippen molar-refractivity contribution in [1.29, 1.82) is 0 Å². The molecule has 5 nitrogen and oxygen atoms in total. The molecule has 2 rings (SSSR count). The SMILES string of the molecule is N/C(=N/O)[C@H]1CC(=O)N(Cc2ccc(F)cc2)C1. The Morgan fingerprint density at radius 1 is 1.50 bits per heavy atom. The Labute approximate surface area is 104 Å². The van der Waals surface area contributed by atoms with E-state index in [-0.39, 0.29) is 29.9 Å². The van der Waals surface area contributed by atoms with E-state index in [0.29, 0.717) is 13.1 Å². The van der Waals surface area contributed by atoms with E-state index in [1.165, 1.54) is 12.1 Å². The fraction of sp³-hybridized carbons (Fsp3) is 0.333. The predicted molar refractivity (Wildman–Crippen MR) is 63.3 cm³/mol. The van der Waals surface area contributed by atoms with Crippen LogP contribution in [0.3, 0.4) is 0 Å². The Kier molecular flexibility index (Phi) is 3.45. The van der Waals surface area contributed by atoms with Crippen molar-refractivity contribution in [2.45, 2.75) is 13.0 Å². The van der Waals surface area contributed by atoms with Crippen LogP contribution < -0.4 is 5.73 Å². The van der Waals surface area contributed by atoms with Crippen LogP contribution >= 0.6 is 0 Å².